The third-order valence-corrected chi connectivity index (χ3v) is 4.22. The molecule has 1 aromatic heterocycles. The van der Waals surface area contributed by atoms with Gasteiger partial charge in [0.05, 0.1) is 21.8 Å². The molecule has 0 aliphatic carbocycles. The standard InChI is InChI=1S/C16H11F3N4O3S/c1-9-6-11(16(17,18)19)10(7-20)15(21-9)27-8-14(24)22-12-4-2-3-5-13(12)23(25)26/h2-6H,8H2,1H3,(H,22,24). The fraction of sp³-hybridized carbons (Fsp3) is 0.188. The second-order valence-electron chi connectivity index (χ2n) is 5.21. The van der Waals surface area contributed by atoms with Crippen molar-refractivity contribution in [3.8, 4) is 6.07 Å². The maximum absolute atomic E-state index is 13.1. The van der Waals surface area contributed by atoms with Crippen molar-refractivity contribution in [1.82, 2.24) is 4.98 Å². The predicted molar refractivity (Wildman–Crippen MR) is 91.1 cm³/mol. The Morgan fingerprint density at radius 3 is 2.67 bits per heavy atom. The monoisotopic (exact) mass is 396 g/mol. The first-order valence-electron chi connectivity index (χ1n) is 7.28. The molecule has 7 nitrogen and oxygen atoms in total. The summed E-state index contributed by atoms with van der Waals surface area (Å²) in [7, 11) is 0. The molecule has 0 fully saturated rings. The summed E-state index contributed by atoms with van der Waals surface area (Å²) in [5.74, 6) is -1.07. The second-order valence-corrected chi connectivity index (χ2v) is 6.18. The van der Waals surface area contributed by atoms with Crippen LogP contribution < -0.4 is 5.32 Å². The number of carbonyl (C=O) groups is 1. The third-order valence-electron chi connectivity index (χ3n) is 3.25. The van der Waals surface area contributed by atoms with E-state index in [4.69, 9.17) is 5.26 Å². The van der Waals surface area contributed by atoms with Crippen LogP contribution in [0.4, 0.5) is 24.5 Å². The summed E-state index contributed by atoms with van der Waals surface area (Å²) in [5.41, 5.74) is -2.11. The van der Waals surface area contributed by atoms with Gasteiger partial charge in [0.25, 0.3) is 5.69 Å². The van der Waals surface area contributed by atoms with Crippen LogP contribution in [0.15, 0.2) is 35.4 Å². The van der Waals surface area contributed by atoms with Crippen LogP contribution in [-0.4, -0.2) is 21.6 Å². The zero-order valence-corrected chi connectivity index (χ0v) is 14.5. The number of amides is 1. The Bertz CT molecular complexity index is 941. The van der Waals surface area contributed by atoms with E-state index < -0.39 is 28.1 Å². The number of nitrogens with zero attached hydrogens (tertiary/aromatic N) is 3. The van der Waals surface area contributed by atoms with E-state index in [9.17, 15) is 28.1 Å². The summed E-state index contributed by atoms with van der Waals surface area (Å²) in [6, 6.07) is 7.68. The van der Waals surface area contributed by atoms with Gasteiger partial charge >= 0.3 is 6.18 Å². The number of pyridine rings is 1. The van der Waals surface area contributed by atoms with Gasteiger partial charge in [-0.2, -0.15) is 18.4 Å². The van der Waals surface area contributed by atoms with Crippen molar-refractivity contribution in [2.75, 3.05) is 11.1 Å². The van der Waals surface area contributed by atoms with Crippen molar-refractivity contribution in [2.24, 2.45) is 0 Å². The lowest BCUT2D eigenvalue weighted by Gasteiger charge is -2.12. The van der Waals surface area contributed by atoms with Crippen LogP contribution in [0.3, 0.4) is 0 Å². The minimum atomic E-state index is -4.74. The Hall–Kier alpha value is -3.13. The van der Waals surface area contributed by atoms with Crippen LogP contribution in [0.2, 0.25) is 0 Å². The topological polar surface area (TPSA) is 109 Å². The molecule has 1 N–H and O–H groups in total. The normalized spacial score (nSPS) is 10.9. The van der Waals surface area contributed by atoms with Crippen LogP contribution in [0, 0.1) is 28.4 Å². The van der Waals surface area contributed by atoms with Crippen molar-refractivity contribution >= 4 is 29.0 Å². The van der Waals surface area contributed by atoms with E-state index in [1.807, 2.05) is 0 Å². The Labute approximate surface area is 155 Å². The molecule has 0 bridgehead atoms. The molecule has 2 rings (SSSR count). The minimum absolute atomic E-state index is 0.0400. The number of halogens is 3. The van der Waals surface area contributed by atoms with Gasteiger partial charge in [-0.1, -0.05) is 23.9 Å². The van der Waals surface area contributed by atoms with Gasteiger partial charge < -0.3 is 5.32 Å². The number of aromatic nitrogens is 1. The molecule has 140 valence electrons. The number of benzene rings is 1. The highest BCUT2D eigenvalue weighted by atomic mass is 32.2. The molecule has 11 heteroatoms. The van der Waals surface area contributed by atoms with Crippen molar-refractivity contribution in [3.63, 3.8) is 0 Å². The van der Waals surface area contributed by atoms with Gasteiger partial charge in [-0.3, -0.25) is 14.9 Å². The lowest BCUT2D eigenvalue weighted by atomic mass is 10.1. The summed E-state index contributed by atoms with van der Waals surface area (Å²) in [6.07, 6.45) is -4.74. The fourth-order valence-electron chi connectivity index (χ4n) is 2.14. The summed E-state index contributed by atoms with van der Waals surface area (Å²) >= 11 is 0.642. The van der Waals surface area contributed by atoms with E-state index in [2.05, 4.69) is 10.3 Å². The number of nitro benzene ring substituents is 1. The summed E-state index contributed by atoms with van der Waals surface area (Å²) in [5, 5.41) is 22.1. The number of nitrogens with one attached hydrogen (secondary N) is 1. The van der Waals surface area contributed by atoms with Crippen molar-refractivity contribution in [2.45, 2.75) is 18.1 Å². The summed E-state index contributed by atoms with van der Waals surface area (Å²) < 4.78 is 39.2. The van der Waals surface area contributed by atoms with Crippen LogP contribution in [0.5, 0.6) is 0 Å². The van der Waals surface area contributed by atoms with Crippen molar-refractivity contribution in [3.05, 3.63) is 57.3 Å². The maximum atomic E-state index is 13.1. The number of nitriles is 1. The first-order valence-corrected chi connectivity index (χ1v) is 8.27. The van der Waals surface area contributed by atoms with Crippen molar-refractivity contribution in [1.29, 1.82) is 5.26 Å². The van der Waals surface area contributed by atoms with Gasteiger partial charge in [-0.05, 0) is 19.1 Å². The molecule has 1 heterocycles. The Balaban J connectivity index is 2.20. The summed E-state index contributed by atoms with van der Waals surface area (Å²) in [6.45, 7) is 1.34. The Morgan fingerprint density at radius 1 is 1.41 bits per heavy atom. The molecule has 0 radical (unpaired) electrons. The van der Waals surface area contributed by atoms with Gasteiger partial charge in [0, 0.05) is 11.8 Å². The number of carbonyl (C=O) groups excluding carboxylic acids is 1. The van der Waals surface area contributed by atoms with E-state index in [1.54, 1.807) is 0 Å². The molecule has 0 spiro atoms. The average Bonchev–Trinajstić information content (AvgIpc) is 2.59. The van der Waals surface area contributed by atoms with Crippen LogP contribution in [-0.2, 0) is 11.0 Å². The highest BCUT2D eigenvalue weighted by Crippen LogP contribution is 2.36. The number of hydrogen-bond acceptors (Lipinski definition) is 6. The molecule has 0 aliphatic rings. The Morgan fingerprint density at radius 2 is 2.07 bits per heavy atom. The first-order chi connectivity index (χ1) is 12.6. The number of alkyl halides is 3. The number of anilines is 1. The molecule has 27 heavy (non-hydrogen) atoms. The van der Waals surface area contributed by atoms with Gasteiger partial charge in [-0.15, -0.1) is 0 Å². The molecular formula is C16H11F3N4O3S. The first kappa shape index (κ1) is 20.2. The number of aryl methyl sites for hydroxylation is 1. The minimum Gasteiger partial charge on any atom is -0.320 e. The molecule has 2 aromatic rings. The van der Waals surface area contributed by atoms with Gasteiger partial charge in [-0.25, -0.2) is 4.98 Å². The zero-order chi connectivity index (χ0) is 20.2. The molecule has 0 aliphatic heterocycles. The fourth-order valence-corrected chi connectivity index (χ4v) is 2.99. The Kier molecular flexibility index (Phi) is 6.02. The van der Waals surface area contributed by atoms with E-state index in [1.165, 1.54) is 37.3 Å². The van der Waals surface area contributed by atoms with E-state index >= 15 is 0 Å². The second kappa shape index (κ2) is 8.05. The lowest BCUT2D eigenvalue weighted by Crippen LogP contribution is -2.16. The molecule has 1 amide bonds. The smallest absolute Gasteiger partial charge is 0.320 e. The van der Waals surface area contributed by atoms with E-state index in [0.717, 1.165) is 6.07 Å². The predicted octanol–water partition coefficient (Wildman–Crippen LogP) is 3.92. The molecule has 1 aromatic carbocycles. The number of thioether (sulfide) groups is 1. The third kappa shape index (κ3) is 4.95. The van der Waals surface area contributed by atoms with Gasteiger partial charge in [0.2, 0.25) is 5.91 Å². The number of para-hydroxylation sites is 2. The van der Waals surface area contributed by atoms with Crippen LogP contribution in [0.1, 0.15) is 16.8 Å². The van der Waals surface area contributed by atoms with Crippen molar-refractivity contribution < 1.29 is 22.9 Å². The molecule has 0 atom stereocenters. The zero-order valence-electron chi connectivity index (χ0n) is 13.7. The maximum Gasteiger partial charge on any atom is 0.417 e. The summed E-state index contributed by atoms with van der Waals surface area (Å²) in [4.78, 5) is 26.2. The molecular weight excluding hydrogens is 385 g/mol. The number of nitro groups is 1. The quantitative estimate of drug-likeness (QED) is 0.466. The van der Waals surface area contributed by atoms with Crippen LogP contribution in [0.25, 0.3) is 0 Å². The number of rotatable bonds is 5. The lowest BCUT2D eigenvalue weighted by molar-refractivity contribution is -0.383. The number of hydrogen-bond donors (Lipinski definition) is 1. The largest absolute Gasteiger partial charge is 0.417 e. The van der Waals surface area contributed by atoms with E-state index in [-0.39, 0.29) is 27.8 Å². The molecule has 0 unspecified atom stereocenters. The van der Waals surface area contributed by atoms with Crippen LogP contribution >= 0.6 is 11.8 Å². The SMILES string of the molecule is Cc1cc(C(F)(F)F)c(C#N)c(SCC(=O)Nc2ccccc2[N+](=O)[O-])n1. The molecule has 0 saturated heterocycles. The highest BCUT2D eigenvalue weighted by molar-refractivity contribution is 8.00. The van der Waals surface area contributed by atoms with Gasteiger partial charge in [0.15, 0.2) is 0 Å². The van der Waals surface area contributed by atoms with E-state index in [0.29, 0.717) is 11.8 Å². The molecule has 0 saturated carbocycles. The van der Waals surface area contributed by atoms with Gasteiger partial charge in [0.1, 0.15) is 16.8 Å². The average molecular weight is 396 g/mol. The highest BCUT2D eigenvalue weighted by Gasteiger charge is 2.35.